The zero-order valence-corrected chi connectivity index (χ0v) is 15.7. The third-order valence-electron chi connectivity index (χ3n) is 4.69. The predicted octanol–water partition coefficient (Wildman–Crippen LogP) is 4.97. The molecule has 2 fully saturated rings. The fraction of sp³-hybridized carbons (Fsp3) is 0.625. The molecule has 1 atom stereocenters. The monoisotopic (exact) mass is 384 g/mol. The molecule has 0 spiro atoms. The van der Waals surface area contributed by atoms with Gasteiger partial charge in [-0.25, -0.2) is 0 Å². The first-order valence-corrected chi connectivity index (χ1v) is 8.41. The van der Waals surface area contributed by atoms with Crippen LogP contribution in [0.3, 0.4) is 0 Å². The standard InChI is InChI=1S/C16H22Cl2N2.2ClH/c17-13-6-3-7-14(18)15(13)16(12-4-1-2-5-12)20-10-8-19-9-11-20;;/h3,6-7,12,16,19H,1-2,4-5,8-11H2;2*1H/t16-;;/m1../s1. The molecule has 22 heavy (non-hydrogen) atoms. The average molecular weight is 386 g/mol. The van der Waals surface area contributed by atoms with E-state index >= 15 is 0 Å². The van der Waals surface area contributed by atoms with E-state index in [1.807, 2.05) is 18.2 Å². The van der Waals surface area contributed by atoms with E-state index in [-0.39, 0.29) is 24.8 Å². The summed E-state index contributed by atoms with van der Waals surface area (Å²) in [6.07, 6.45) is 5.29. The lowest BCUT2D eigenvalue weighted by Gasteiger charge is -2.39. The van der Waals surface area contributed by atoms with Crippen molar-refractivity contribution in [2.24, 2.45) is 5.92 Å². The average Bonchev–Trinajstić information content (AvgIpc) is 2.98. The highest BCUT2D eigenvalue weighted by Crippen LogP contribution is 2.44. The van der Waals surface area contributed by atoms with Gasteiger partial charge in [-0.15, -0.1) is 24.8 Å². The predicted molar refractivity (Wildman–Crippen MR) is 100 cm³/mol. The van der Waals surface area contributed by atoms with Crippen LogP contribution in [0, 0.1) is 5.92 Å². The van der Waals surface area contributed by atoms with Gasteiger partial charge in [-0.3, -0.25) is 4.90 Å². The second kappa shape index (κ2) is 9.56. The smallest absolute Gasteiger partial charge is 0.0468 e. The zero-order valence-electron chi connectivity index (χ0n) is 12.6. The molecule has 2 aliphatic rings. The Morgan fingerprint density at radius 1 is 1.00 bits per heavy atom. The van der Waals surface area contributed by atoms with Gasteiger partial charge in [-0.05, 0) is 30.9 Å². The van der Waals surface area contributed by atoms with Crippen LogP contribution in [0.5, 0.6) is 0 Å². The van der Waals surface area contributed by atoms with Gasteiger partial charge in [-0.2, -0.15) is 0 Å². The van der Waals surface area contributed by atoms with Crippen LogP contribution in [-0.2, 0) is 0 Å². The van der Waals surface area contributed by atoms with Crippen LogP contribution in [0.2, 0.25) is 10.0 Å². The summed E-state index contributed by atoms with van der Waals surface area (Å²) in [6.45, 7) is 4.29. The quantitative estimate of drug-likeness (QED) is 0.789. The Morgan fingerprint density at radius 3 is 2.09 bits per heavy atom. The van der Waals surface area contributed by atoms with Crippen molar-refractivity contribution in [1.29, 1.82) is 0 Å². The minimum absolute atomic E-state index is 0. The molecule has 126 valence electrons. The van der Waals surface area contributed by atoms with Gasteiger partial charge >= 0.3 is 0 Å². The van der Waals surface area contributed by atoms with Gasteiger partial charge in [0.25, 0.3) is 0 Å². The van der Waals surface area contributed by atoms with Crippen molar-refractivity contribution in [3.05, 3.63) is 33.8 Å². The third kappa shape index (κ3) is 4.43. The normalized spacial score (nSPS) is 21.0. The van der Waals surface area contributed by atoms with Gasteiger partial charge in [0.15, 0.2) is 0 Å². The van der Waals surface area contributed by atoms with Gasteiger partial charge in [0, 0.05) is 47.8 Å². The molecular formula is C16H24Cl4N2. The minimum atomic E-state index is 0. The molecule has 0 amide bonds. The van der Waals surface area contributed by atoms with Gasteiger partial charge in [0.2, 0.25) is 0 Å². The highest BCUT2D eigenvalue weighted by atomic mass is 35.5. The molecule has 1 aliphatic carbocycles. The lowest BCUT2D eigenvalue weighted by Crippen LogP contribution is -2.46. The maximum Gasteiger partial charge on any atom is 0.0468 e. The SMILES string of the molecule is Cl.Cl.Clc1cccc(Cl)c1[C@@H](C1CCCC1)N1CCNCC1. The van der Waals surface area contributed by atoms with Crippen molar-refractivity contribution in [2.45, 2.75) is 31.7 Å². The summed E-state index contributed by atoms with van der Waals surface area (Å²) in [6, 6.07) is 6.29. The molecule has 0 unspecified atom stereocenters. The summed E-state index contributed by atoms with van der Waals surface area (Å²) in [5, 5.41) is 5.09. The highest BCUT2D eigenvalue weighted by molar-refractivity contribution is 6.36. The number of rotatable bonds is 3. The van der Waals surface area contributed by atoms with Crippen LogP contribution in [-0.4, -0.2) is 31.1 Å². The van der Waals surface area contributed by atoms with E-state index in [0.29, 0.717) is 12.0 Å². The molecule has 1 aromatic rings. The van der Waals surface area contributed by atoms with Crippen molar-refractivity contribution in [3.8, 4) is 0 Å². The summed E-state index contributed by atoms with van der Waals surface area (Å²) >= 11 is 13.0. The summed E-state index contributed by atoms with van der Waals surface area (Å²) in [5.74, 6) is 0.700. The van der Waals surface area contributed by atoms with E-state index in [2.05, 4.69) is 10.2 Å². The topological polar surface area (TPSA) is 15.3 Å². The molecule has 1 saturated carbocycles. The molecule has 0 bridgehead atoms. The molecule has 1 saturated heterocycles. The molecule has 2 nitrogen and oxygen atoms in total. The maximum absolute atomic E-state index is 6.50. The van der Waals surface area contributed by atoms with Crippen molar-refractivity contribution < 1.29 is 0 Å². The number of benzene rings is 1. The second-order valence-corrected chi connectivity index (χ2v) is 6.73. The van der Waals surface area contributed by atoms with Crippen molar-refractivity contribution in [2.75, 3.05) is 26.2 Å². The van der Waals surface area contributed by atoms with Crippen molar-refractivity contribution in [1.82, 2.24) is 10.2 Å². The maximum atomic E-state index is 6.50. The number of hydrogen-bond acceptors (Lipinski definition) is 2. The van der Waals surface area contributed by atoms with Crippen LogP contribution in [0.1, 0.15) is 37.3 Å². The first-order chi connectivity index (χ1) is 9.77. The minimum Gasteiger partial charge on any atom is -0.314 e. The fourth-order valence-electron chi connectivity index (χ4n) is 3.74. The molecule has 0 radical (unpaired) electrons. The van der Waals surface area contributed by atoms with E-state index in [4.69, 9.17) is 23.2 Å². The van der Waals surface area contributed by atoms with Crippen molar-refractivity contribution >= 4 is 48.0 Å². The summed E-state index contributed by atoms with van der Waals surface area (Å²) in [4.78, 5) is 2.58. The Bertz CT molecular complexity index is 437. The van der Waals surface area contributed by atoms with E-state index in [1.54, 1.807) is 0 Å². The molecule has 3 rings (SSSR count). The Hall–Kier alpha value is 0.300. The van der Waals surface area contributed by atoms with E-state index < -0.39 is 0 Å². The Balaban J connectivity index is 0.00000121. The molecule has 1 aromatic carbocycles. The van der Waals surface area contributed by atoms with Crippen LogP contribution in [0.15, 0.2) is 18.2 Å². The Kier molecular flexibility index (Phi) is 8.84. The molecule has 1 N–H and O–H groups in total. The number of nitrogens with zero attached hydrogens (tertiary/aromatic N) is 1. The van der Waals surface area contributed by atoms with E-state index in [9.17, 15) is 0 Å². The van der Waals surface area contributed by atoms with Crippen LogP contribution in [0.25, 0.3) is 0 Å². The first kappa shape index (κ1) is 20.3. The number of halogens is 4. The molecule has 0 aromatic heterocycles. The number of nitrogens with one attached hydrogen (secondary N) is 1. The number of piperazine rings is 1. The van der Waals surface area contributed by atoms with Crippen LogP contribution >= 0.6 is 48.0 Å². The summed E-state index contributed by atoms with van der Waals surface area (Å²) in [5.41, 5.74) is 1.16. The van der Waals surface area contributed by atoms with E-state index in [0.717, 1.165) is 41.8 Å². The lowest BCUT2D eigenvalue weighted by atomic mass is 9.89. The first-order valence-electron chi connectivity index (χ1n) is 7.66. The Morgan fingerprint density at radius 2 is 1.55 bits per heavy atom. The zero-order chi connectivity index (χ0) is 13.9. The second-order valence-electron chi connectivity index (χ2n) is 5.91. The largest absolute Gasteiger partial charge is 0.314 e. The van der Waals surface area contributed by atoms with Crippen molar-refractivity contribution in [3.63, 3.8) is 0 Å². The summed E-state index contributed by atoms with van der Waals surface area (Å²) in [7, 11) is 0. The van der Waals surface area contributed by atoms with Gasteiger partial charge < -0.3 is 5.32 Å². The molecular weight excluding hydrogens is 362 g/mol. The highest BCUT2D eigenvalue weighted by Gasteiger charge is 2.34. The lowest BCUT2D eigenvalue weighted by molar-refractivity contribution is 0.125. The Labute approximate surface area is 155 Å². The van der Waals surface area contributed by atoms with Crippen LogP contribution in [0.4, 0.5) is 0 Å². The molecule has 6 heteroatoms. The summed E-state index contributed by atoms with van der Waals surface area (Å²) < 4.78 is 0. The van der Waals surface area contributed by atoms with Gasteiger partial charge in [0.05, 0.1) is 0 Å². The van der Waals surface area contributed by atoms with Crippen LogP contribution < -0.4 is 5.32 Å². The van der Waals surface area contributed by atoms with Gasteiger partial charge in [-0.1, -0.05) is 42.1 Å². The van der Waals surface area contributed by atoms with Gasteiger partial charge in [0.1, 0.15) is 0 Å². The van der Waals surface area contributed by atoms with E-state index in [1.165, 1.54) is 25.7 Å². The third-order valence-corrected chi connectivity index (χ3v) is 5.35. The molecule has 1 aliphatic heterocycles. The molecule has 1 heterocycles. The number of hydrogen-bond donors (Lipinski definition) is 1. The fourth-order valence-corrected chi connectivity index (χ4v) is 4.36.